The summed E-state index contributed by atoms with van der Waals surface area (Å²) in [6.45, 7) is 4.58. The number of nitrogens with zero attached hydrogens (tertiary/aromatic N) is 2. The van der Waals surface area contributed by atoms with Gasteiger partial charge in [-0.25, -0.2) is 0 Å². The van der Waals surface area contributed by atoms with Crippen molar-refractivity contribution < 1.29 is 4.79 Å². The number of allylic oxidation sites excluding steroid dienone is 1. The van der Waals surface area contributed by atoms with Crippen molar-refractivity contribution in [3.8, 4) is 0 Å². The second kappa shape index (κ2) is 6.45. The molecule has 0 unspecified atom stereocenters. The lowest BCUT2D eigenvalue weighted by Crippen LogP contribution is -2.30. The molecule has 120 valence electrons. The predicted octanol–water partition coefficient (Wildman–Crippen LogP) is 4.26. The van der Waals surface area contributed by atoms with Crippen LogP contribution in [0.1, 0.15) is 20.3 Å². The van der Waals surface area contributed by atoms with E-state index in [0.717, 1.165) is 27.6 Å². The van der Waals surface area contributed by atoms with Crippen LogP contribution in [0.5, 0.6) is 0 Å². The van der Waals surface area contributed by atoms with Crippen molar-refractivity contribution in [1.29, 1.82) is 5.41 Å². The maximum Gasteiger partial charge on any atom is 0.269 e. The molecule has 2 aliphatic rings. The molecule has 0 spiro atoms. The second-order valence-electron chi connectivity index (χ2n) is 5.52. The summed E-state index contributed by atoms with van der Waals surface area (Å²) in [5.74, 6) is -0.0639. The lowest BCUT2D eigenvalue weighted by atomic mass is 10.2. The molecule has 2 heterocycles. The molecule has 1 N–H and O–H groups in total. The third-order valence-electron chi connectivity index (χ3n) is 3.78. The van der Waals surface area contributed by atoms with Gasteiger partial charge in [0.15, 0.2) is 5.17 Å². The van der Waals surface area contributed by atoms with Gasteiger partial charge < -0.3 is 4.90 Å². The van der Waals surface area contributed by atoms with Crippen LogP contribution in [0.3, 0.4) is 0 Å². The van der Waals surface area contributed by atoms with E-state index in [1.165, 1.54) is 11.8 Å². The molecule has 0 saturated carbocycles. The van der Waals surface area contributed by atoms with Crippen molar-refractivity contribution in [1.82, 2.24) is 4.90 Å². The molecular weight excluding hydrogens is 326 g/mol. The summed E-state index contributed by atoms with van der Waals surface area (Å²) < 4.78 is 0. The number of hydrogen-bond acceptors (Lipinski definition) is 5. The Morgan fingerprint density at radius 3 is 2.74 bits per heavy atom. The van der Waals surface area contributed by atoms with Crippen LogP contribution in [0.4, 0.5) is 5.69 Å². The summed E-state index contributed by atoms with van der Waals surface area (Å²) in [4.78, 5) is 18.2. The normalized spacial score (nSPS) is 21.4. The minimum absolute atomic E-state index is 0.0639. The van der Waals surface area contributed by atoms with Gasteiger partial charge in [0, 0.05) is 18.5 Å². The Hall–Kier alpha value is -1.66. The average Bonchev–Trinajstić information content (AvgIpc) is 3.00. The van der Waals surface area contributed by atoms with Crippen molar-refractivity contribution in [3.63, 3.8) is 0 Å². The Morgan fingerprint density at radius 2 is 2.04 bits per heavy atom. The number of amides is 1. The van der Waals surface area contributed by atoms with Crippen LogP contribution in [0.25, 0.3) is 0 Å². The summed E-state index contributed by atoms with van der Waals surface area (Å²) in [5, 5.41) is 9.40. The van der Waals surface area contributed by atoms with Gasteiger partial charge in [-0.15, -0.1) is 0 Å². The Morgan fingerprint density at radius 1 is 1.30 bits per heavy atom. The van der Waals surface area contributed by atoms with Gasteiger partial charge in [0.05, 0.1) is 10.7 Å². The number of nitrogens with one attached hydrogen (secondary N) is 1. The molecule has 1 saturated heterocycles. The van der Waals surface area contributed by atoms with Gasteiger partial charge >= 0.3 is 0 Å². The highest BCUT2D eigenvalue weighted by atomic mass is 32.2. The largest absolute Gasteiger partial charge is 0.337 e. The molecule has 1 fully saturated rings. The molecule has 4 nitrogen and oxygen atoms in total. The number of amidine groups is 1. The average molecular weight is 345 g/mol. The highest BCUT2D eigenvalue weighted by Gasteiger charge is 2.38. The summed E-state index contributed by atoms with van der Waals surface area (Å²) in [6, 6.07) is 8.12. The zero-order valence-corrected chi connectivity index (χ0v) is 15.1. The van der Waals surface area contributed by atoms with Crippen molar-refractivity contribution in [3.05, 3.63) is 45.8 Å². The standard InChI is InChI=1S/C17H19N3OS2/c1-4-7-11(2)10-20-15(21)14(23-17(20)18)16-19(3)12-8-5-6-9-13(12)22-16/h5-9,18H,4,10H2,1-3H3/b11-7+,16-14-,18-17?. The summed E-state index contributed by atoms with van der Waals surface area (Å²) >= 11 is 2.87. The first-order valence-corrected chi connectivity index (χ1v) is 9.15. The molecule has 6 heteroatoms. The van der Waals surface area contributed by atoms with Crippen LogP contribution in [0.15, 0.2) is 50.7 Å². The highest BCUT2D eigenvalue weighted by Crippen LogP contribution is 2.49. The van der Waals surface area contributed by atoms with Gasteiger partial charge in [-0.3, -0.25) is 15.1 Å². The molecule has 3 rings (SSSR count). The molecule has 0 radical (unpaired) electrons. The van der Waals surface area contributed by atoms with E-state index >= 15 is 0 Å². The Bertz CT molecular complexity index is 739. The van der Waals surface area contributed by atoms with Gasteiger partial charge in [-0.05, 0) is 37.2 Å². The first-order chi connectivity index (χ1) is 11.0. The Kier molecular flexibility index (Phi) is 4.55. The number of carbonyl (C=O) groups is 1. The third-order valence-corrected chi connectivity index (χ3v) is 6.13. The van der Waals surface area contributed by atoms with Crippen LogP contribution < -0.4 is 4.90 Å². The second-order valence-corrected chi connectivity index (χ2v) is 7.55. The van der Waals surface area contributed by atoms with Crippen LogP contribution >= 0.6 is 23.5 Å². The van der Waals surface area contributed by atoms with Gasteiger partial charge in [0.2, 0.25) is 0 Å². The van der Waals surface area contributed by atoms with Crippen LogP contribution in [-0.2, 0) is 4.79 Å². The first kappa shape index (κ1) is 16.2. The lowest BCUT2D eigenvalue weighted by molar-refractivity contribution is -0.122. The first-order valence-electron chi connectivity index (χ1n) is 7.51. The SMILES string of the molecule is CC/C=C(\C)CN1C(=N)S/C(=C2\Sc3ccccc3N2C)C1=O. The number of carbonyl (C=O) groups excluding carboxylic acids is 1. The molecule has 2 aliphatic heterocycles. The van der Waals surface area contributed by atoms with Crippen molar-refractivity contribution >= 4 is 40.3 Å². The van der Waals surface area contributed by atoms with Gasteiger partial charge in [-0.1, -0.05) is 42.5 Å². The fourth-order valence-corrected chi connectivity index (χ4v) is 4.86. The summed E-state index contributed by atoms with van der Waals surface area (Å²) in [6.07, 6.45) is 3.04. The monoisotopic (exact) mass is 345 g/mol. The quantitative estimate of drug-likeness (QED) is 0.657. The van der Waals surface area contributed by atoms with Crippen molar-refractivity contribution in [2.75, 3.05) is 18.5 Å². The molecule has 1 aromatic rings. The number of rotatable bonds is 3. The fourth-order valence-electron chi connectivity index (χ4n) is 2.65. The number of hydrogen-bond donors (Lipinski definition) is 1. The van der Waals surface area contributed by atoms with E-state index in [-0.39, 0.29) is 5.91 Å². The van der Waals surface area contributed by atoms with Gasteiger partial charge in [-0.2, -0.15) is 0 Å². The smallest absolute Gasteiger partial charge is 0.269 e. The minimum Gasteiger partial charge on any atom is -0.337 e. The fraction of sp³-hybridized carbons (Fsp3) is 0.294. The molecule has 0 atom stereocenters. The number of thioether (sulfide) groups is 2. The number of para-hydroxylation sites is 1. The minimum atomic E-state index is -0.0639. The summed E-state index contributed by atoms with van der Waals surface area (Å²) in [5.41, 5.74) is 2.23. The molecular formula is C17H19N3OS2. The van der Waals surface area contributed by atoms with E-state index in [2.05, 4.69) is 25.1 Å². The number of benzene rings is 1. The van der Waals surface area contributed by atoms with Crippen LogP contribution in [0.2, 0.25) is 0 Å². The molecule has 0 aromatic heterocycles. The highest BCUT2D eigenvalue weighted by molar-refractivity contribution is 8.19. The molecule has 1 aromatic carbocycles. The number of fused-ring (bicyclic) bond motifs is 1. The maximum absolute atomic E-state index is 12.8. The molecule has 0 aliphatic carbocycles. The van der Waals surface area contributed by atoms with E-state index in [4.69, 9.17) is 5.41 Å². The van der Waals surface area contributed by atoms with Gasteiger partial charge in [0.1, 0.15) is 4.91 Å². The van der Waals surface area contributed by atoms with Crippen molar-refractivity contribution in [2.24, 2.45) is 0 Å². The summed E-state index contributed by atoms with van der Waals surface area (Å²) in [7, 11) is 1.98. The maximum atomic E-state index is 12.8. The molecule has 1 amide bonds. The van der Waals surface area contributed by atoms with Crippen LogP contribution in [0, 0.1) is 5.41 Å². The zero-order chi connectivity index (χ0) is 16.6. The van der Waals surface area contributed by atoms with E-state index in [9.17, 15) is 4.79 Å². The van der Waals surface area contributed by atoms with Crippen LogP contribution in [-0.4, -0.2) is 29.6 Å². The Balaban J connectivity index is 1.90. The predicted molar refractivity (Wildman–Crippen MR) is 98.8 cm³/mol. The van der Waals surface area contributed by atoms with Gasteiger partial charge in [0.25, 0.3) is 5.91 Å². The van der Waals surface area contributed by atoms with Crippen molar-refractivity contribution in [2.45, 2.75) is 25.2 Å². The molecule has 23 heavy (non-hydrogen) atoms. The third kappa shape index (κ3) is 2.93. The number of anilines is 1. The topological polar surface area (TPSA) is 47.4 Å². The Labute approximate surface area is 145 Å². The van der Waals surface area contributed by atoms with E-state index < -0.39 is 0 Å². The van der Waals surface area contributed by atoms with E-state index in [0.29, 0.717) is 16.6 Å². The van der Waals surface area contributed by atoms with E-state index in [1.54, 1.807) is 16.7 Å². The lowest BCUT2D eigenvalue weighted by Gasteiger charge is -2.16. The van der Waals surface area contributed by atoms with E-state index in [1.807, 2.05) is 31.0 Å². The molecule has 0 bridgehead atoms. The zero-order valence-electron chi connectivity index (χ0n) is 13.4.